The highest BCUT2D eigenvalue weighted by Gasteiger charge is 1.93. The van der Waals surface area contributed by atoms with Crippen LogP contribution in [0.5, 0.6) is 0 Å². The highest BCUT2D eigenvalue weighted by Crippen LogP contribution is 2.07. The minimum absolute atomic E-state index is 0.773. The maximum absolute atomic E-state index is 3.01. The zero-order valence-corrected chi connectivity index (χ0v) is 6.86. The van der Waals surface area contributed by atoms with Crippen molar-refractivity contribution in [3.63, 3.8) is 0 Å². The van der Waals surface area contributed by atoms with Gasteiger partial charge in [-0.1, -0.05) is 19.4 Å². The van der Waals surface area contributed by atoms with Crippen LogP contribution in [0, 0.1) is 5.92 Å². The zero-order valence-electron chi connectivity index (χ0n) is 6.86. The molecule has 0 unspecified atom stereocenters. The Hall–Kier alpha value is -0.460. The fraction of sp³-hybridized carbons (Fsp3) is 0.750. The summed E-state index contributed by atoms with van der Waals surface area (Å²) in [5, 5.41) is 3.01. The van der Waals surface area contributed by atoms with Gasteiger partial charge in [-0.15, -0.1) is 0 Å². The van der Waals surface area contributed by atoms with Gasteiger partial charge in [-0.25, -0.2) is 0 Å². The first-order chi connectivity index (χ1) is 4.16. The van der Waals surface area contributed by atoms with Crippen molar-refractivity contribution in [3.8, 4) is 0 Å². The molecule has 0 bridgehead atoms. The van der Waals surface area contributed by atoms with E-state index >= 15 is 0 Å². The van der Waals surface area contributed by atoms with Crippen LogP contribution in [0.25, 0.3) is 0 Å². The van der Waals surface area contributed by atoms with Gasteiger partial charge in [-0.2, -0.15) is 0 Å². The van der Waals surface area contributed by atoms with Crippen molar-refractivity contribution >= 4 is 0 Å². The van der Waals surface area contributed by atoms with Gasteiger partial charge in [0.15, 0.2) is 0 Å². The normalized spacial score (nSPS) is 12.3. The minimum atomic E-state index is 0.773. The van der Waals surface area contributed by atoms with Crippen LogP contribution < -0.4 is 5.32 Å². The summed E-state index contributed by atoms with van der Waals surface area (Å²) in [4.78, 5) is 0. The maximum atomic E-state index is 3.01. The second-order valence-electron chi connectivity index (χ2n) is 2.88. The molecule has 0 rings (SSSR count). The van der Waals surface area contributed by atoms with Gasteiger partial charge in [-0.05, 0) is 25.5 Å². The number of allylic oxidation sites excluding steroid dienone is 1. The summed E-state index contributed by atoms with van der Waals surface area (Å²) < 4.78 is 0. The van der Waals surface area contributed by atoms with Crippen molar-refractivity contribution in [2.24, 2.45) is 5.92 Å². The molecule has 9 heavy (non-hydrogen) atoms. The number of hydrogen-bond acceptors (Lipinski definition) is 1. The Labute approximate surface area is 58.2 Å². The molecule has 54 valence electrons. The lowest BCUT2D eigenvalue weighted by molar-refractivity contribution is 0.639. The zero-order chi connectivity index (χ0) is 7.28. The van der Waals surface area contributed by atoms with Crippen LogP contribution in [0.2, 0.25) is 0 Å². The molecule has 0 aliphatic rings. The Kier molecular flexibility index (Phi) is 4.20. The standard InChI is InChI=1S/C8H17N/c1-7(2)5-8(3)6-9-4/h6-7,9H,5H2,1-4H3/b8-6+. The summed E-state index contributed by atoms with van der Waals surface area (Å²) in [7, 11) is 1.93. The third-order valence-corrected chi connectivity index (χ3v) is 1.12. The van der Waals surface area contributed by atoms with Crippen LogP contribution in [0.4, 0.5) is 0 Å². The highest BCUT2D eigenvalue weighted by molar-refractivity contribution is 4.96. The van der Waals surface area contributed by atoms with E-state index in [2.05, 4.69) is 32.3 Å². The average molecular weight is 127 g/mol. The van der Waals surface area contributed by atoms with Gasteiger partial charge in [-0.3, -0.25) is 0 Å². The molecule has 0 aliphatic heterocycles. The van der Waals surface area contributed by atoms with Crippen molar-refractivity contribution in [1.82, 2.24) is 5.32 Å². The van der Waals surface area contributed by atoms with Gasteiger partial charge in [0.25, 0.3) is 0 Å². The van der Waals surface area contributed by atoms with Gasteiger partial charge in [0.2, 0.25) is 0 Å². The lowest BCUT2D eigenvalue weighted by Crippen LogP contribution is -1.96. The van der Waals surface area contributed by atoms with Gasteiger partial charge in [0.05, 0.1) is 0 Å². The van der Waals surface area contributed by atoms with Crippen LogP contribution in [-0.4, -0.2) is 7.05 Å². The van der Waals surface area contributed by atoms with Gasteiger partial charge in [0, 0.05) is 7.05 Å². The summed E-state index contributed by atoms with van der Waals surface area (Å²) in [5.41, 5.74) is 1.42. The van der Waals surface area contributed by atoms with E-state index in [1.165, 1.54) is 12.0 Å². The fourth-order valence-electron chi connectivity index (χ4n) is 0.949. The van der Waals surface area contributed by atoms with Crippen LogP contribution in [0.15, 0.2) is 11.8 Å². The van der Waals surface area contributed by atoms with Gasteiger partial charge < -0.3 is 5.32 Å². The van der Waals surface area contributed by atoms with Crippen LogP contribution in [-0.2, 0) is 0 Å². The molecule has 0 fully saturated rings. The van der Waals surface area contributed by atoms with E-state index in [1.54, 1.807) is 0 Å². The van der Waals surface area contributed by atoms with Crippen molar-refractivity contribution in [1.29, 1.82) is 0 Å². The fourth-order valence-corrected chi connectivity index (χ4v) is 0.949. The van der Waals surface area contributed by atoms with E-state index in [4.69, 9.17) is 0 Å². The predicted octanol–water partition coefficient (Wildman–Crippen LogP) is 2.16. The lowest BCUT2D eigenvalue weighted by atomic mass is 10.1. The molecule has 0 radical (unpaired) electrons. The van der Waals surface area contributed by atoms with E-state index in [0.717, 1.165) is 5.92 Å². The first-order valence-corrected chi connectivity index (χ1v) is 3.49. The molecule has 1 heteroatoms. The Morgan fingerprint density at radius 2 is 2.11 bits per heavy atom. The third kappa shape index (κ3) is 5.41. The Balaban J connectivity index is 3.49. The molecule has 0 saturated heterocycles. The number of rotatable bonds is 3. The summed E-state index contributed by atoms with van der Waals surface area (Å²) >= 11 is 0. The largest absolute Gasteiger partial charge is 0.394 e. The van der Waals surface area contributed by atoms with E-state index in [1.807, 2.05) is 7.05 Å². The molecule has 1 N–H and O–H groups in total. The summed E-state index contributed by atoms with van der Waals surface area (Å²) in [5.74, 6) is 0.773. The molecule has 0 aromatic rings. The highest BCUT2D eigenvalue weighted by atomic mass is 14.8. The van der Waals surface area contributed by atoms with Gasteiger partial charge in [0.1, 0.15) is 0 Å². The van der Waals surface area contributed by atoms with E-state index < -0.39 is 0 Å². The molecular formula is C8H17N. The molecule has 0 saturated carbocycles. The predicted molar refractivity (Wildman–Crippen MR) is 42.3 cm³/mol. The maximum Gasteiger partial charge on any atom is 0.00276 e. The molecule has 0 aliphatic carbocycles. The van der Waals surface area contributed by atoms with E-state index in [0.29, 0.717) is 0 Å². The van der Waals surface area contributed by atoms with E-state index in [-0.39, 0.29) is 0 Å². The molecule has 1 nitrogen and oxygen atoms in total. The first kappa shape index (κ1) is 8.54. The lowest BCUT2D eigenvalue weighted by Gasteiger charge is -2.03. The SMILES string of the molecule is CN/C=C(\C)CC(C)C. The molecule has 0 aromatic heterocycles. The Morgan fingerprint density at radius 1 is 1.56 bits per heavy atom. The number of nitrogens with one attached hydrogen (secondary N) is 1. The van der Waals surface area contributed by atoms with Crippen LogP contribution >= 0.6 is 0 Å². The van der Waals surface area contributed by atoms with Crippen LogP contribution in [0.1, 0.15) is 27.2 Å². The molecule has 0 amide bonds. The van der Waals surface area contributed by atoms with Gasteiger partial charge >= 0.3 is 0 Å². The molecule has 0 atom stereocenters. The summed E-state index contributed by atoms with van der Waals surface area (Å²) in [6.07, 6.45) is 3.25. The van der Waals surface area contributed by atoms with Crippen molar-refractivity contribution in [2.75, 3.05) is 7.05 Å². The summed E-state index contributed by atoms with van der Waals surface area (Å²) in [6, 6.07) is 0. The molecule has 0 spiro atoms. The molecule has 0 aromatic carbocycles. The second-order valence-corrected chi connectivity index (χ2v) is 2.88. The Bertz CT molecular complexity index is 92.7. The number of hydrogen-bond donors (Lipinski definition) is 1. The average Bonchev–Trinajstić information content (AvgIpc) is 1.63. The summed E-state index contributed by atoms with van der Waals surface area (Å²) in [6.45, 7) is 6.61. The minimum Gasteiger partial charge on any atom is -0.394 e. The van der Waals surface area contributed by atoms with E-state index in [9.17, 15) is 0 Å². The smallest absolute Gasteiger partial charge is 0.00276 e. The third-order valence-electron chi connectivity index (χ3n) is 1.12. The topological polar surface area (TPSA) is 12.0 Å². The Morgan fingerprint density at radius 3 is 2.44 bits per heavy atom. The monoisotopic (exact) mass is 127 g/mol. The quantitative estimate of drug-likeness (QED) is 0.612. The second kappa shape index (κ2) is 4.42. The molecule has 0 heterocycles. The van der Waals surface area contributed by atoms with Crippen molar-refractivity contribution in [3.05, 3.63) is 11.8 Å². The van der Waals surface area contributed by atoms with Crippen LogP contribution in [0.3, 0.4) is 0 Å². The van der Waals surface area contributed by atoms with Crippen molar-refractivity contribution in [2.45, 2.75) is 27.2 Å². The first-order valence-electron chi connectivity index (χ1n) is 3.49. The van der Waals surface area contributed by atoms with Crippen molar-refractivity contribution < 1.29 is 0 Å². The molecular weight excluding hydrogens is 110 g/mol.